The summed E-state index contributed by atoms with van der Waals surface area (Å²) in [4.78, 5) is 12.4. The lowest BCUT2D eigenvalue weighted by Crippen LogP contribution is -2.30. The van der Waals surface area contributed by atoms with E-state index in [0.29, 0.717) is 11.4 Å². The molecule has 1 N–H and O–H groups in total. The number of amides is 1. The van der Waals surface area contributed by atoms with Gasteiger partial charge in [-0.3, -0.25) is 4.79 Å². The molecule has 0 aliphatic rings. The number of alkyl halides is 1. The predicted molar refractivity (Wildman–Crippen MR) is 86.2 cm³/mol. The van der Waals surface area contributed by atoms with Gasteiger partial charge in [0.2, 0.25) is 0 Å². The van der Waals surface area contributed by atoms with E-state index < -0.39 is 0 Å². The van der Waals surface area contributed by atoms with Gasteiger partial charge in [0.25, 0.3) is 5.91 Å². The number of halogens is 2. The molecule has 2 aromatic rings. The van der Waals surface area contributed by atoms with Crippen molar-refractivity contribution in [3.8, 4) is 0 Å². The summed E-state index contributed by atoms with van der Waals surface area (Å²) in [6, 6.07) is 15.1. The highest BCUT2D eigenvalue weighted by Gasteiger charge is 2.16. The zero-order valence-corrected chi connectivity index (χ0v) is 13.4. The average molecular weight is 353 g/mol. The topological polar surface area (TPSA) is 29.1 Å². The minimum Gasteiger partial charge on any atom is -0.344 e. The number of benzene rings is 2. The zero-order chi connectivity index (χ0) is 14.5. The maximum atomic E-state index is 12.4. The smallest absolute Gasteiger partial charge is 0.252 e. The molecule has 1 unspecified atom stereocenters. The van der Waals surface area contributed by atoms with E-state index >= 15 is 0 Å². The summed E-state index contributed by atoms with van der Waals surface area (Å²) in [7, 11) is 0. The Labute approximate surface area is 132 Å². The van der Waals surface area contributed by atoms with Crippen LogP contribution in [0.15, 0.2) is 53.0 Å². The van der Waals surface area contributed by atoms with Crippen LogP contribution in [0, 0.1) is 6.92 Å². The Morgan fingerprint density at radius 3 is 2.55 bits per heavy atom. The van der Waals surface area contributed by atoms with Crippen molar-refractivity contribution in [2.75, 3.05) is 5.88 Å². The number of hydrogen-bond acceptors (Lipinski definition) is 1. The Morgan fingerprint density at radius 2 is 1.90 bits per heavy atom. The summed E-state index contributed by atoms with van der Waals surface area (Å²) in [5.41, 5.74) is 2.58. The molecule has 1 atom stereocenters. The van der Waals surface area contributed by atoms with Crippen molar-refractivity contribution in [3.63, 3.8) is 0 Å². The number of carbonyl (C=O) groups excluding carboxylic acids is 1. The third-order valence-corrected chi connectivity index (χ3v) is 4.34. The van der Waals surface area contributed by atoms with Gasteiger partial charge in [-0.05, 0) is 30.2 Å². The van der Waals surface area contributed by atoms with E-state index in [9.17, 15) is 4.79 Å². The highest BCUT2D eigenvalue weighted by atomic mass is 79.9. The van der Waals surface area contributed by atoms with Crippen molar-refractivity contribution < 1.29 is 4.79 Å². The van der Waals surface area contributed by atoms with Crippen molar-refractivity contribution in [1.82, 2.24) is 5.32 Å². The second kappa shape index (κ2) is 6.91. The van der Waals surface area contributed by atoms with Gasteiger partial charge in [0.1, 0.15) is 0 Å². The van der Waals surface area contributed by atoms with Crippen LogP contribution in [-0.4, -0.2) is 11.8 Å². The molecule has 2 nitrogen and oxygen atoms in total. The van der Waals surface area contributed by atoms with Crippen LogP contribution >= 0.6 is 27.5 Å². The molecule has 0 heterocycles. The summed E-state index contributed by atoms with van der Waals surface area (Å²) < 4.78 is 0.923. The fourth-order valence-corrected chi connectivity index (χ4v) is 2.61. The Hall–Kier alpha value is -1.32. The maximum Gasteiger partial charge on any atom is 0.252 e. The molecule has 0 aliphatic heterocycles. The van der Waals surface area contributed by atoms with Gasteiger partial charge in [-0.15, -0.1) is 11.6 Å². The predicted octanol–water partition coefficient (Wildman–Crippen LogP) is 4.47. The third kappa shape index (κ3) is 3.41. The van der Waals surface area contributed by atoms with E-state index in [2.05, 4.69) is 21.2 Å². The van der Waals surface area contributed by atoms with Crippen LogP contribution < -0.4 is 5.32 Å². The first-order valence-corrected chi connectivity index (χ1v) is 7.63. The second-order valence-electron chi connectivity index (χ2n) is 4.50. The zero-order valence-electron chi connectivity index (χ0n) is 11.1. The number of hydrogen-bond donors (Lipinski definition) is 1. The summed E-state index contributed by atoms with van der Waals surface area (Å²) >= 11 is 9.42. The summed E-state index contributed by atoms with van der Waals surface area (Å²) in [5.74, 6) is 0.223. The largest absolute Gasteiger partial charge is 0.344 e. The van der Waals surface area contributed by atoms with Crippen molar-refractivity contribution in [2.24, 2.45) is 0 Å². The van der Waals surface area contributed by atoms with Gasteiger partial charge in [-0.25, -0.2) is 0 Å². The quantitative estimate of drug-likeness (QED) is 0.808. The lowest BCUT2D eigenvalue weighted by molar-refractivity contribution is 0.0939. The molecule has 0 aromatic heterocycles. The molecule has 4 heteroatoms. The first-order valence-electron chi connectivity index (χ1n) is 6.30. The molecule has 1 amide bonds. The van der Waals surface area contributed by atoms with Crippen molar-refractivity contribution in [1.29, 1.82) is 0 Å². The maximum absolute atomic E-state index is 12.4. The Balaban J connectivity index is 2.20. The fraction of sp³-hybridized carbons (Fsp3) is 0.188. The molecule has 0 saturated heterocycles. The monoisotopic (exact) mass is 351 g/mol. The van der Waals surface area contributed by atoms with Crippen LogP contribution in [0.2, 0.25) is 0 Å². The standard InChI is InChI=1S/C16H15BrClNO/c1-11-13(8-5-9-14(11)17)16(20)19-15(10-18)12-6-3-2-4-7-12/h2-9,15H,10H2,1H3,(H,19,20). The van der Waals surface area contributed by atoms with E-state index in [-0.39, 0.29) is 11.9 Å². The lowest BCUT2D eigenvalue weighted by Gasteiger charge is -2.17. The van der Waals surface area contributed by atoms with Gasteiger partial charge >= 0.3 is 0 Å². The molecule has 0 fully saturated rings. The molecule has 20 heavy (non-hydrogen) atoms. The molecule has 0 bridgehead atoms. The highest BCUT2D eigenvalue weighted by molar-refractivity contribution is 9.10. The van der Waals surface area contributed by atoms with Crippen LogP contribution in [0.3, 0.4) is 0 Å². The molecule has 0 aliphatic carbocycles. The van der Waals surface area contributed by atoms with E-state index in [0.717, 1.165) is 15.6 Å². The number of nitrogens with one attached hydrogen (secondary N) is 1. The Morgan fingerprint density at radius 1 is 1.20 bits per heavy atom. The van der Waals surface area contributed by atoms with E-state index in [1.54, 1.807) is 0 Å². The van der Waals surface area contributed by atoms with Gasteiger partial charge in [-0.1, -0.05) is 52.3 Å². The SMILES string of the molecule is Cc1c(Br)cccc1C(=O)NC(CCl)c1ccccc1. The van der Waals surface area contributed by atoms with Gasteiger partial charge < -0.3 is 5.32 Å². The molecular formula is C16H15BrClNO. The van der Waals surface area contributed by atoms with E-state index in [1.807, 2.05) is 55.5 Å². The Kier molecular flexibility index (Phi) is 5.21. The van der Waals surface area contributed by atoms with Gasteiger partial charge in [0, 0.05) is 15.9 Å². The van der Waals surface area contributed by atoms with E-state index in [1.165, 1.54) is 0 Å². The minimum absolute atomic E-state index is 0.113. The molecule has 2 aromatic carbocycles. The molecular weight excluding hydrogens is 338 g/mol. The summed E-state index contributed by atoms with van der Waals surface area (Å²) in [6.07, 6.45) is 0. The third-order valence-electron chi connectivity index (χ3n) is 3.17. The second-order valence-corrected chi connectivity index (χ2v) is 5.67. The minimum atomic E-state index is -0.191. The van der Waals surface area contributed by atoms with Gasteiger partial charge in [0.05, 0.1) is 6.04 Å². The van der Waals surface area contributed by atoms with Crippen molar-refractivity contribution in [3.05, 3.63) is 69.7 Å². The summed E-state index contributed by atoms with van der Waals surface area (Å²) in [6.45, 7) is 1.91. The first kappa shape index (κ1) is 15.1. The average Bonchev–Trinajstić information content (AvgIpc) is 2.48. The molecule has 0 saturated carbocycles. The van der Waals surface area contributed by atoms with Crippen molar-refractivity contribution in [2.45, 2.75) is 13.0 Å². The Bertz CT molecular complexity index is 601. The number of carbonyl (C=O) groups is 1. The van der Waals surface area contributed by atoms with Crippen LogP contribution in [0.5, 0.6) is 0 Å². The van der Waals surface area contributed by atoms with Crippen LogP contribution in [0.25, 0.3) is 0 Å². The highest BCUT2D eigenvalue weighted by Crippen LogP contribution is 2.21. The van der Waals surface area contributed by atoms with E-state index in [4.69, 9.17) is 11.6 Å². The lowest BCUT2D eigenvalue weighted by atomic mass is 10.1. The number of rotatable bonds is 4. The molecule has 0 spiro atoms. The normalized spacial score (nSPS) is 11.9. The van der Waals surface area contributed by atoms with Crippen molar-refractivity contribution >= 4 is 33.4 Å². The van der Waals surface area contributed by atoms with Crippen LogP contribution in [-0.2, 0) is 0 Å². The first-order chi connectivity index (χ1) is 9.63. The van der Waals surface area contributed by atoms with Crippen LogP contribution in [0.4, 0.5) is 0 Å². The molecule has 104 valence electrons. The summed E-state index contributed by atoms with van der Waals surface area (Å²) in [5, 5.41) is 2.98. The fourth-order valence-electron chi connectivity index (χ4n) is 1.99. The molecule has 0 radical (unpaired) electrons. The van der Waals surface area contributed by atoms with Gasteiger partial charge in [0.15, 0.2) is 0 Å². The molecule has 2 rings (SSSR count). The van der Waals surface area contributed by atoms with Gasteiger partial charge in [-0.2, -0.15) is 0 Å². The van der Waals surface area contributed by atoms with Crippen LogP contribution in [0.1, 0.15) is 27.5 Å².